The predicted octanol–water partition coefficient (Wildman–Crippen LogP) is 2.31. The first-order chi connectivity index (χ1) is 11.2. The van der Waals surface area contributed by atoms with Gasteiger partial charge < -0.3 is 15.8 Å². The van der Waals surface area contributed by atoms with Gasteiger partial charge in [0.05, 0.1) is 18.4 Å². The number of nitrogens with zero attached hydrogens (tertiary/aromatic N) is 4. The summed E-state index contributed by atoms with van der Waals surface area (Å²) in [4.78, 5) is 8.36. The van der Waals surface area contributed by atoms with E-state index >= 15 is 0 Å². The number of hydrogen-bond acceptors (Lipinski definition) is 6. The highest BCUT2D eigenvalue weighted by Gasteiger charge is 2.04. The highest BCUT2D eigenvalue weighted by atomic mass is 19.1. The third kappa shape index (κ3) is 4.01. The van der Waals surface area contributed by atoms with Gasteiger partial charge in [-0.3, -0.25) is 4.68 Å². The number of anilines is 2. The van der Waals surface area contributed by atoms with E-state index in [4.69, 9.17) is 10.5 Å². The molecule has 2 aromatic heterocycles. The number of rotatable bonds is 6. The molecule has 1 aromatic carbocycles. The molecule has 0 saturated carbocycles. The van der Waals surface area contributed by atoms with Crippen molar-refractivity contribution in [2.75, 3.05) is 11.9 Å². The van der Waals surface area contributed by atoms with E-state index < -0.39 is 0 Å². The van der Waals surface area contributed by atoms with Crippen LogP contribution in [0.15, 0.2) is 48.9 Å². The molecule has 0 atom stereocenters. The van der Waals surface area contributed by atoms with E-state index in [2.05, 4.69) is 20.4 Å². The number of halogens is 1. The normalized spacial score (nSPS) is 10.5. The van der Waals surface area contributed by atoms with Crippen LogP contribution in [0.25, 0.3) is 0 Å². The molecule has 0 bridgehead atoms. The minimum absolute atomic E-state index is 0.322. The summed E-state index contributed by atoms with van der Waals surface area (Å²) >= 11 is 0. The number of hydrogen-bond donors (Lipinski definition) is 2. The summed E-state index contributed by atoms with van der Waals surface area (Å²) in [5.41, 5.74) is 6.23. The third-order valence-electron chi connectivity index (χ3n) is 2.91. The summed E-state index contributed by atoms with van der Waals surface area (Å²) < 4.78 is 20.2. The largest absolute Gasteiger partial charge is 0.439 e. The molecule has 3 aromatic rings. The van der Waals surface area contributed by atoms with Crippen molar-refractivity contribution in [3.63, 3.8) is 0 Å². The zero-order chi connectivity index (χ0) is 16.1. The molecule has 118 valence electrons. The molecule has 0 spiro atoms. The summed E-state index contributed by atoms with van der Waals surface area (Å²) in [6.07, 6.45) is 5.04. The molecule has 2 heterocycles. The number of nitrogens with one attached hydrogen (secondary N) is 1. The van der Waals surface area contributed by atoms with Crippen molar-refractivity contribution in [1.82, 2.24) is 19.7 Å². The van der Waals surface area contributed by atoms with Crippen molar-refractivity contribution in [3.05, 3.63) is 54.7 Å². The SMILES string of the molecule is NCCn1cc(Nc2nccc(Oc3ccc(F)cc3)n2)cn1. The molecule has 0 radical (unpaired) electrons. The molecule has 0 aliphatic heterocycles. The highest BCUT2D eigenvalue weighted by molar-refractivity contribution is 5.50. The molecule has 23 heavy (non-hydrogen) atoms. The lowest BCUT2D eigenvalue weighted by atomic mass is 10.3. The van der Waals surface area contributed by atoms with E-state index in [1.165, 1.54) is 24.3 Å². The molecule has 0 aliphatic rings. The highest BCUT2D eigenvalue weighted by Crippen LogP contribution is 2.21. The average Bonchev–Trinajstić information content (AvgIpc) is 2.98. The molecule has 0 aliphatic carbocycles. The number of nitrogens with two attached hydrogens (primary N) is 1. The Kier molecular flexibility index (Phi) is 4.44. The Bertz CT molecular complexity index is 774. The van der Waals surface area contributed by atoms with Gasteiger partial charge in [-0.1, -0.05) is 0 Å². The van der Waals surface area contributed by atoms with E-state index in [0.717, 1.165) is 5.69 Å². The second-order valence-corrected chi connectivity index (χ2v) is 4.68. The van der Waals surface area contributed by atoms with Crippen molar-refractivity contribution < 1.29 is 9.13 Å². The Morgan fingerprint density at radius 1 is 1.22 bits per heavy atom. The quantitative estimate of drug-likeness (QED) is 0.725. The molecular weight excluding hydrogens is 299 g/mol. The van der Waals surface area contributed by atoms with Crippen LogP contribution in [0.4, 0.5) is 16.0 Å². The van der Waals surface area contributed by atoms with Crippen LogP contribution in [0.5, 0.6) is 11.6 Å². The summed E-state index contributed by atoms with van der Waals surface area (Å²) in [5.74, 6) is 0.893. The monoisotopic (exact) mass is 314 g/mol. The van der Waals surface area contributed by atoms with Crippen LogP contribution in [0.2, 0.25) is 0 Å². The smallest absolute Gasteiger partial charge is 0.230 e. The molecular formula is C15H15FN6O. The van der Waals surface area contributed by atoms with Crippen molar-refractivity contribution in [2.45, 2.75) is 6.54 Å². The summed E-state index contributed by atoms with van der Waals surface area (Å²) in [7, 11) is 0. The first-order valence-corrected chi connectivity index (χ1v) is 6.99. The molecule has 3 rings (SSSR count). The summed E-state index contributed by atoms with van der Waals surface area (Å²) in [6, 6.07) is 7.32. The van der Waals surface area contributed by atoms with Gasteiger partial charge in [0, 0.05) is 25.0 Å². The molecule has 0 saturated heterocycles. The lowest BCUT2D eigenvalue weighted by Crippen LogP contribution is -2.09. The summed E-state index contributed by atoms with van der Waals surface area (Å²) in [5, 5.41) is 7.18. The van der Waals surface area contributed by atoms with Gasteiger partial charge in [0.15, 0.2) is 0 Å². The minimum atomic E-state index is -0.322. The second kappa shape index (κ2) is 6.84. The van der Waals surface area contributed by atoms with Gasteiger partial charge in [-0.25, -0.2) is 9.37 Å². The Morgan fingerprint density at radius 3 is 2.83 bits per heavy atom. The van der Waals surface area contributed by atoms with Gasteiger partial charge >= 0.3 is 0 Å². The predicted molar refractivity (Wildman–Crippen MR) is 83.1 cm³/mol. The minimum Gasteiger partial charge on any atom is -0.439 e. The molecule has 3 N–H and O–H groups in total. The first kappa shape index (κ1) is 14.9. The van der Waals surface area contributed by atoms with Crippen molar-refractivity contribution in [1.29, 1.82) is 0 Å². The second-order valence-electron chi connectivity index (χ2n) is 4.68. The van der Waals surface area contributed by atoms with Crippen molar-refractivity contribution >= 4 is 11.6 Å². The maximum absolute atomic E-state index is 12.9. The van der Waals surface area contributed by atoms with E-state index in [0.29, 0.717) is 30.7 Å². The Hall–Kier alpha value is -3.00. The Balaban J connectivity index is 1.70. The van der Waals surface area contributed by atoms with Crippen molar-refractivity contribution in [2.24, 2.45) is 5.73 Å². The van der Waals surface area contributed by atoms with E-state index in [1.807, 2.05) is 6.20 Å². The number of aromatic nitrogens is 4. The topological polar surface area (TPSA) is 90.9 Å². The molecule has 0 unspecified atom stereocenters. The molecule has 7 nitrogen and oxygen atoms in total. The standard InChI is InChI=1S/C15H15FN6O/c16-11-1-3-13(4-2-11)23-14-5-7-18-15(21-14)20-12-9-19-22(10-12)8-6-17/h1-5,7,9-10H,6,8,17H2,(H,18,20,21). The first-order valence-electron chi connectivity index (χ1n) is 6.99. The third-order valence-corrected chi connectivity index (χ3v) is 2.91. The average molecular weight is 314 g/mol. The van der Waals surface area contributed by atoms with Gasteiger partial charge in [0.1, 0.15) is 11.6 Å². The zero-order valence-corrected chi connectivity index (χ0v) is 12.2. The lowest BCUT2D eigenvalue weighted by Gasteiger charge is -2.06. The van der Waals surface area contributed by atoms with Gasteiger partial charge in [-0.15, -0.1) is 0 Å². The Morgan fingerprint density at radius 2 is 2.04 bits per heavy atom. The van der Waals surface area contributed by atoms with E-state index in [-0.39, 0.29) is 5.82 Å². The lowest BCUT2D eigenvalue weighted by molar-refractivity contribution is 0.461. The fourth-order valence-corrected chi connectivity index (χ4v) is 1.89. The van der Waals surface area contributed by atoms with Crippen LogP contribution in [-0.2, 0) is 6.54 Å². The molecule has 8 heteroatoms. The van der Waals surface area contributed by atoms with Crippen LogP contribution in [0.3, 0.4) is 0 Å². The Labute approximate surface area is 131 Å². The number of benzene rings is 1. The maximum atomic E-state index is 12.9. The summed E-state index contributed by atoms with van der Waals surface area (Å²) in [6.45, 7) is 1.15. The van der Waals surface area contributed by atoms with Crippen LogP contribution in [0.1, 0.15) is 0 Å². The van der Waals surface area contributed by atoms with Gasteiger partial charge in [-0.2, -0.15) is 10.1 Å². The number of ether oxygens (including phenoxy) is 1. The van der Waals surface area contributed by atoms with Gasteiger partial charge in [0.25, 0.3) is 0 Å². The fourth-order valence-electron chi connectivity index (χ4n) is 1.89. The van der Waals surface area contributed by atoms with Crippen LogP contribution in [-0.4, -0.2) is 26.3 Å². The van der Waals surface area contributed by atoms with Crippen molar-refractivity contribution in [3.8, 4) is 11.6 Å². The zero-order valence-electron chi connectivity index (χ0n) is 12.2. The fraction of sp³-hybridized carbons (Fsp3) is 0.133. The van der Waals surface area contributed by atoms with Gasteiger partial charge in [0.2, 0.25) is 11.8 Å². The molecule has 0 amide bonds. The van der Waals surface area contributed by atoms with Gasteiger partial charge in [-0.05, 0) is 24.3 Å². The van der Waals surface area contributed by atoms with Crippen LogP contribution in [0, 0.1) is 5.82 Å². The van der Waals surface area contributed by atoms with E-state index in [9.17, 15) is 4.39 Å². The van der Waals surface area contributed by atoms with Crippen LogP contribution >= 0.6 is 0 Å². The van der Waals surface area contributed by atoms with Crippen LogP contribution < -0.4 is 15.8 Å². The molecule has 0 fully saturated rings. The van der Waals surface area contributed by atoms with E-state index in [1.54, 1.807) is 23.1 Å². The maximum Gasteiger partial charge on any atom is 0.230 e.